The monoisotopic (exact) mass is 234 g/mol. The zero-order chi connectivity index (χ0) is 12.5. The highest BCUT2D eigenvalue weighted by atomic mass is 16.5. The van der Waals surface area contributed by atoms with E-state index in [1.54, 1.807) is 0 Å². The fourth-order valence-corrected chi connectivity index (χ4v) is 1.34. The molecule has 3 heteroatoms. The molecule has 0 saturated carbocycles. The van der Waals surface area contributed by atoms with Crippen LogP contribution in [0.3, 0.4) is 0 Å². The van der Waals surface area contributed by atoms with Crippen molar-refractivity contribution in [2.45, 2.75) is 19.8 Å². The standard InChI is InChI=1S/C14H18O3/c1-3-4-11-17-13-8-5-12(6-9-13)7-10-14(15)16-2/h3-6,8-9H,7,10-11H2,1-2H3. The van der Waals surface area contributed by atoms with E-state index in [0.717, 1.165) is 11.3 Å². The Morgan fingerprint density at radius 2 is 2.00 bits per heavy atom. The molecule has 17 heavy (non-hydrogen) atoms. The first-order valence-corrected chi connectivity index (χ1v) is 5.66. The highest BCUT2D eigenvalue weighted by molar-refractivity contribution is 5.69. The number of methoxy groups -OCH3 is 1. The van der Waals surface area contributed by atoms with Crippen LogP contribution in [0, 0.1) is 0 Å². The molecule has 0 radical (unpaired) electrons. The van der Waals surface area contributed by atoms with Gasteiger partial charge in [-0.25, -0.2) is 0 Å². The highest BCUT2D eigenvalue weighted by Crippen LogP contribution is 2.13. The normalized spacial score (nSPS) is 10.5. The van der Waals surface area contributed by atoms with Crippen molar-refractivity contribution >= 4 is 5.97 Å². The van der Waals surface area contributed by atoms with Crippen molar-refractivity contribution in [3.63, 3.8) is 0 Å². The average Bonchev–Trinajstić information content (AvgIpc) is 2.37. The molecule has 0 spiro atoms. The molecule has 0 amide bonds. The number of rotatable bonds is 6. The highest BCUT2D eigenvalue weighted by Gasteiger charge is 2.01. The van der Waals surface area contributed by atoms with Gasteiger partial charge in [-0.15, -0.1) is 0 Å². The van der Waals surface area contributed by atoms with Crippen LogP contribution in [0.15, 0.2) is 36.4 Å². The number of carbonyl (C=O) groups excluding carboxylic acids is 1. The Morgan fingerprint density at radius 1 is 1.29 bits per heavy atom. The summed E-state index contributed by atoms with van der Waals surface area (Å²) in [5.41, 5.74) is 1.11. The molecule has 0 unspecified atom stereocenters. The van der Waals surface area contributed by atoms with E-state index in [1.165, 1.54) is 7.11 Å². The van der Waals surface area contributed by atoms with Gasteiger partial charge in [0.2, 0.25) is 0 Å². The summed E-state index contributed by atoms with van der Waals surface area (Å²) in [5.74, 6) is 0.656. The van der Waals surface area contributed by atoms with Crippen molar-refractivity contribution in [3.05, 3.63) is 42.0 Å². The summed E-state index contributed by atoms with van der Waals surface area (Å²) in [7, 11) is 1.40. The van der Waals surface area contributed by atoms with Gasteiger partial charge in [0.15, 0.2) is 0 Å². The van der Waals surface area contributed by atoms with Gasteiger partial charge in [0, 0.05) is 6.42 Å². The molecule has 0 atom stereocenters. The lowest BCUT2D eigenvalue weighted by Gasteiger charge is -2.04. The summed E-state index contributed by atoms with van der Waals surface area (Å²) in [5, 5.41) is 0. The van der Waals surface area contributed by atoms with Gasteiger partial charge >= 0.3 is 5.97 Å². The lowest BCUT2D eigenvalue weighted by Crippen LogP contribution is -2.01. The third kappa shape index (κ3) is 5.20. The van der Waals surface area contributed by atoms with Crippen LogP contribution < -0.4 is 4.74 Å². The van der Waals surface area contributed by atoms with E-state index < -0.39 is 0 Å². The molecule has 0 heterocycles. The molecule has 0 aromatic heterocycles. The maximum absolute atomic E-state index is 11.0. The van der Waals surface area contributed by atoms with Crippen LogP contribution in [0.5, 0.6) is 5.75 Å². The molecule has 1 rings (SSSR count). The number of ether oxygens (including phenoxy) is 2. The second-order valence-electron chi connectivity index (χ2n) is 3.60. The minimum Gasteiger partial charge on any atom is -0.490 e. The van der Waals surface area contributed by atoms with Crippen molar-refractivity contribution in [2.24, 2.45) is 0 Å². The molecule has 0 saturated heterocycles. The Labute approximate surface area is 102 Å². The van der Waals surface area contributed by atoms with Crippen molar-refractivity contribution in [1.82, 2.24) is 0 Å². The summed E-state index contributed by atoms with van der Waals surface area (Å²) < 4.78 is 10.1. The molecule has 0 aliphatic heterocycles. The van der Waals surface area contributed by atoms with Gasteiger partial charge in [-0.1, -0.05) is 24.3 Å². The fourth-order valence-electron chi connectivity index (χ4n) is 1.34. The minimum atomic E-state index is -0.182. The van der Waals surface area contributed by atoms with E-state index in [1.807, 2.05) is 43.3 Å². The maximum atomic E-state index is 11.0. The van der Waals surface area contributed by atoms with Gasteiger partial charge in [-0.3, -0.25) is 4.79 Å². The second-order valence-corrected chi connectivity index (χ2v) is 3.60. The number of allylic oxidation sites excluding steroid dienone is 1. The largest absolute Gasteiger partial charge is 0.490 e. The smallest absolute Gasteiger partial charge is 0.305 e. The Morgan fingerprint density at radius 3 is 2.59 bits per heavy atom. The Kier molecular flexibility index (Phi) is 5.86. The van der Waals surface area contributed by atoms with Crippen LogP contribution in [-0.4, -0.2) is 19.7 Å². The summed E-state index contributed by atoms with van der Waals surface area (Å²) >= 11 is 0. The third-order valence-electron chi connectivity index (χ3n) is 2.35. The number of aryl methyl sites for hydroxylation is 1. The number of hydrogen-bond acceptors (Lipinski definition) is 3. The van der Waals surface area contributed by atoms with Crippen molar-refractivity contribution in [1.29, 1.82) is 0 Å². The zero-order valence-electron chi connectivity index (χ0n) is 10.3. The molecular formula is C14H18O3. The number of benzene rings is 1. The molecule has 0 N–H and O–H groups in total. The Bertz CT molecular complexity index is 366. The quantitative estimate of drug-likeness (QED) is 0.561. The van der Waals surface area contributed by atoms with Crippen LogP contribution in [0.4, 0.5) is 0 Å². The SMILES string of the molecule is CC=CCOc1ccc(CCC(=O)OC)cc1. The molecule has 0 aliphatic carbocycles. The van der Waals surface area contributed by atoms with Gasteiger partial charge in [0.25, 0.3) is 0 Å². The summed E-state index contributed by atoms with van der Waals surface area (Å²) in [6.07, 6.45) is 5.01. The Hall–Kier alpha value is -1.77. The van der Waals surface area contributed by atoms with Crippen molar-refractivity contribution < 1.29 is 14.3 Å². The predicted octanol–water partition coefficient (Wildman–Crippen LogP) is 2.75. The topological polar surface area (TPSA) is 35.5 Å². The van der Waals surface area contributed by atoms with E-state index in [4.69, 9.17) is 4.74 Å². The van der Waals surface area contributed by atoms with E-state index in [0.29, 0.717) is 19.4 Å². The van der Waals surface area contributed by atoms with E-state index in [2.05, 4.69) is 4.74 Å². The molecule has 0 aliphatic rings. The lowest BCUT2D eigenvalue weighted by molar-refractivity contribution is -0.140. The van der Waals surface area contributed by atoms with E-state index in [-0.39, 0.29) is 5.97 Å². The fraction of sp³-hybridized carbons (Fsp3) is 0.357. The first kappa shape index (κ1) is 13.3. The number of esters is 1. The lowest BCUT2D eigenvalue weighted by atomic mass is 10.1. The molecule has 1 aromatic rings. The molecule has 3 nitrogen and oxygen atoms in total. The summed E-state index contributed by atoms with van der Waals surface area (Å²) in [6.45, 7) is 2.54. The summed E-state index contributed by atoms with van der Waals surface area (Å²) in [6, 6.07) is 7.76. The molecular weight excluding hydrogens is 216 g/mol. The zero-order valence-corrected chi connectivity index (χ0v) is 10.3. The first-order valence-electron chi connectivity index (χ1n) is 5.66. The predicted molar refractivity (Wildman–Crippen MR) is 67.1 cm³/mol. The van der Waals surface area contributed by atoms with Gasteiger partial charge < -0.3 is 9.47 Å². The average molecular weight is 234 g/mol. The van der Waals surface area contributed by atoms with Gasteiger partial charge in [0.05, 0.1) is 7.11 Å². The molecule has 0 bridgehead atoms. The first-order chi connectivity index (χ1) is 8.26. The molecule has 1 aromatic carbocycles. The number of hydrogen-bond donors (Lipinski definition) is 0. The van der Waals surface area contributed by atoms with E-state index >= 15 is 0 Å². The maximum Gasteiger partial charge on any atom is 0.305 e. The minimum absolute atomic E-state index is 0.182. The Balaban J connectivity index is 2.41. The van der Waals surface area contributed by atoms with Gasteiger partial charge in [0.1, 0.15) is 12.4 Å². The van der Waals surface area contributed by atoms with E-state index in [9.17, 15) is 4.79 Å². The third-order valence-corrected chi connectivity index (χ3v) is 2.35. The molecule has 92 valence electrons. The number of carbonyl (C=O) groups is 1. The van der Waals surface area contributed by atoms with Crippen LogP contribution in [0.2, 0.25) is 0 Å². The summed E-state index contributed by atoms with van der Waals surface area (Å²) in [4.78, 5) is 11.0. The van der Waals surface area contributed by atoms with Gasteiger partial charge in [-0.05, 0) is 31.0 Å². The van der Waals surface area contributed by atoms with Crippen LogP contribution in [0.1, 0.15) is 18.9 Å². The van der Waals surface area contributed by atoms with Crippen LogP contribution in [0.25, 0.3) is 0 Å². The van der Waals surface area contributed by atoms with Crippen molar-refractivity contribution in [2.75, 3.05) is 13.7 Å². The second kappa shape index (κ2) is 7.49. The van der Waals surface area contributed by atoms with Gasteiger partial charge in [-0.2, -0.15) is 0 Å². The van der Waals surface area contributed by atoms with Crippen molar-refractivity contribution in [3.8, 4) is 5.75 Å². The van der Waals surface area contributed by atoms with Crippen LogP contribution >= 0.6 is 0 Å². The van der Waals surface area contributed by atoms with Crippen LogP contribution in [-0.2, 0) is 16.0 Å². The molecule has 0 fully saturated rings.